The Labute approximate surface area is 151 Å². The molecule has 138 valence electrons. The summed E-state index contributed by atoms with van der Waals surface area (Å²) < 4.78 is 39.6. The Morgan fingerprint density at radius 2 is 1.74 bits per heavy atom. The largest absolute Gasteiger partial charge is 0.476 e. The van der Waals surface area contributed by atoms with E-state index in [4.69, 9.17) is 5.73 Å². The molecule has 0 aliphatic rings. The van der Waals surface area contributed by atoms with Gasteiger partial charge in [0.15, 0.2) is 5.69 Å². The maximum absolute atomic E-state index is 13.3. The van der Waals surface area contributed by atoms with Crippen molar-refractivity contribution in [3.63, 3.8) is 0 Å². The molecule has 0 unspecified atom stereocenters. The highest BCUT2D eigenvalue weighted by Gasteiger charge is 2.23. The van der Waals surface area contributed by atoms with Crippen LogP contribution in [-0.2, 0) is 0 Å². The zero-order valence-electron chi connectivity index (χ0n) is 13.9. The van der Waals surface area contributed by atoms with Gasteiger partial charge in [0.2, 0.25) is 5.95 Å². The van der Waals surface area contributed by atoms with Crippen LogP contribution < -0.4 is 5.73 Å². The number of carbonyl (C=O) groups is 1. The fourth-order valence-corrected chi connectivity index (χ4v) is 2.67. The molecule has 0 radical (unpaired) electrons. The maximum atomic E-state index is 13.3. The number of benzene rings is 1. The number of anilines is 1. The Bertz CT molecular complexity index is 1020. The minimum atomic E-state index is -2.85. The van der Waals surface area contributed by atoms with Crippen molar-refractivity contribution in [2.75, 3.05) is 5.73 Å². The summed E-state index contributed by atoms with van der Waals surface area (Å²) in [5.41, 5.74) is 5.52. The Hall–Kier alpha value is -3.49. The van der Waals surface area contributed by atoms with Gasteiger partial charge in [-0.05, 0) is 48.9 Å². The number of nitrogens with zero attached hydrogens (tertiary/aromatic N) is 3. The molecule has 0 amide bonds. The van der Waals surface area contributed by atoms with E-state index in [9.17, 15) is 23.1 Å². The fourth-order valence-electron chi connectivity index (χ4n) is 2.67. The third-order valence-corrected chi connectivity index (χ3v) is 3.73. The van der Waals surface area contributed by atoms with Crippen LogP contribution in [0.25, 0.3) is 22.4 Å². The lowest BCUT2D eigenvalue weighted by Gasteiger charge is -2.14. The highest BCUT2D eigenvalue weighted by Crippen LogP contribution is 2.35. The average Bonchev–Trinajstić information content (AvgIpc) is 2.61. The van der Waals surface area contributed by atoms with Gasteiger partial charge in [-0.2, -0.15) is 0 Å². The second kappa shape index (κ2) is 7.02. The minimum absolute atomic E-state index is 0.00397. The summed E-state index contributed by atoms with van der Waals surface area (Å²) in [6, 6.07) is 7.62. The topological polar surface area (TPSA) is 102 Å². The molecule has 3 rings (SSSR count). The van der Waals surface area contributed by atoms with Gasteiger partial charge in [0.1, 0.15) is 11.5 Å². The molecule has 0 saturated carbocycles. The van der Waals surface area contributed by atoms with Crippen molar-refractivity contribution in [1.82, 2.24) is 15.0 Å². The highest BCUT2D eigenvalue weighted by atomic mass is 19.3. The van der Waals surface area contributed by atoms with Crippen molar-refractivity contribution in [2.24, 2.45) is 0 Å². The van der Waals surface area contributed by atoms with Crippen LogP contribution in [0.3, 0.4) is 0 Å². The summed E-state index contributed by atoms with van der Waals surface area (Å²) in [6.07, 6.45) is -2.85. The van der Waals surface area contributed by atoms with Crippen LogP contribution in [0.15, 0.2) is 36.4 Å². The molecule has 0 fully saturated rings. The molecule has 0 bridgehead atoms. The first-order valence-electron chi connectivity index (χ1n) is 7.70. The number of hydrogen-bond donors (Lipinski definition) is 2. The van der Waals surface area contributed by atoms with Crippen LogP contribution in [0, 0.1) is 12.7 Å². The van der Waals surface area contributed by atoms with E-state index in [-0.39, 0.29) is 28.5 Å². The number of alkyl halides is 2. The summed E-state index contributed by atoms with van der Waals surface area (Å²) in [7, 11) is 0. The Balaban J connectivity index is 2.37. The summed E-state index contributed by atoms with van der Waals surface area (Å²) in [4.78, 5) is 23.3. The first-order chi connectivity index (χ1) is 12.8. The zero-order valence-corrected chi connectivity index (χ0v) is 13.9. The lowest BCUT2D eigenvalue weighted by Crippen LogP contribution is -2.10. The van der Waals surface area contributed by atoms with Crippen LogP contribution in [0.1, 0.15) is 28.3 Å². The standard InChI is InChI=1S/C18H13F3N4O2/c1-8-6-10(7-12(23-8)16(20)21)13-14(9-2-4-11(19)5-3-9)24-18(22)25-15(13)17(26)27/h2-7,16H,1H3,(H,26,27)(H2,22,24,25). The quantitative estimate of drug-likeness (QED) is 0.719. The molecular formula is C18H13F3N4O2. The number of nitrogen functional groups attached to an aromatic ring is 1. The summed E-state index contributed by atoms with van der Waals surface area (Å²) >= 11 is 0. The van der Waals surface area contributed by atoms with Crippen molar-refractivity contribution >= 4 is 11.9 Å². The van der Waals surface area contributed by atoms with E-state index in [0.29, 0.717) is 5.56 Å². The number of halogens is 3. The monoisotopic (exact) mass is 374 g/mol. The van der Waals surface area contributed by atoms with Crippen LogP contribution in [0.5, 0.6) is 0 Å². The number of rotatable bonds is 4. The van der Waals surface area contributed by atoms with Gasteiger partial charge in [0.25, 0.3) is 6.43 Å². The number of aryl methyl sites for hydroxylation is 1. The molecule has 6 nitrogen and oxygen atoms in total. The maximum Gasteiger partial charge on any atom is 0.355 e. The predicted octanol–water partition coefficient (Wildman–Crippen LogP) is 3.87. The first kappa shape index (κ1) is 18.3. The molecule has 0 atom stereocenters. The molecule has 1 aromatic carbocycles. The molecule has 0 spiro atoms. The number of hydrogen-bond acceptors (Lipinski definition) is 5. The van der Waals surface area contributed by atoms with Gasteiger partial charge in [0.05, 0.1) is 5.69 Å². The minimum Gasteiger partial charge on any atom is -0.476 e. The van der Waals surface area contributed by atoms with Gasteiger partial charge in [-0.3, -0.25) is 4.98 Å². The number of aromatic nitrogens is 3. The molecule has 3 N–H and O–H groups in total. The van der Waals surface area contributed by atoms with Gasteiger partial charge >= 0.3 is 5.97 Å². The third kappa shape index (κ3) is 3.71. The fraction of sp³-hybridized carbons (Fsp3) is 0.111. The lowest BCUT2D eigenvalue weighted by atomic mass is 9.97. The molecule has 0 aliphatic heterocycles. The van der Waals surface area contributed by atoms with E-state index in [1.54, 1.807) is 0 Å². The van der Waals surface area contributed by atoms with E-state index in [1.807, 2.05) is 0 Å². The van der Waals surface area contributed by atoms with E-state index in [1.165, 1.54) is 37.3 Å². The molecule has 0 saturated heterocycles. The zero-order chi connectivity index (χ0) is 19.7. The average molecular weight is 374 g/mol. The number of carboxylic acid groups (broad SMARTS) is 1. The first-order valence-corrected chi connectivity index (χ1v) is 7.70. The van der Waals surface area contributed by atoms with Crippen molar-refractivity contribution in [3.8, 4) is 22.4 Å². The predicted molar refractivity (Wildman–Crippen MR) is 91.7 cm³/mol. The Morgan fingerprint density at radius 1 is 1.07 bits per heavy atom. The van der Waals surface area contributed by atoms with Gasteiger partial charge in [-0.15, -0.1) is 0 Å². The second-order valence-electron chi connectivity index (χ2n) is 5.69. The summed E-state index contributed by atoms with van der Waals surface area (Å²) in [5.74, 6) is -2.22. The van der Waals surface area contributed by atoms with Gasteiger partial charge < -0.3 is 10.8 Å². The summed E-state index contributed by atoms with van der Waals surface area (Å²) in [6.45, 7) is 1.51. The Morgan fingerprint density at radius 3 is 2.33 bits per heavy atom. The van der Waals surface area contributed by atoms with Gasteiger partial charge in [-0.25, -0.2) is 27.9 Å². The van der Waals surface area contributed by atoms with Crippen LogP contribution in [0.2, 0.25) is 0 Å². The van der Waals surface area contributed by atoms with Crippen molar-refractivity contribution in [1.29, 1.82) is 0 Å². The van der Waals surface area contributed by atoms with Crippen molar-refractivity contribution < 1.29 is 23.1 Å². The number of pyridine rings is 1. The molecule has 2 aromatic heterocycles. The lowest BCUT2D eigenvalue weighted by molar-refractivity contribution is 0.0691. The smallest absolute Gasteiger partial charge is 0.355 e. The van der Waals surface area contributed by atoms with Gasteiger partial charge in [0, 0.05) is 16.8 Å². The molecule has 3 aromatic rings. The van der Waals surface area contributed by atoms with Gasteiger partial charge in [-0.1, -0.05) is 0 Å². The molecule has 9 heteroatoms. The normalized spacial score (nSPS) is 11.0. The van der Waals surface area contributed by atoms with E-state index in [2.05, 4.69) is 15.0 Å². The van der Waals surface area contributed by atoms with Crippen molar-refractivity contribution in [3.05, 3.63) is 59.3 Å². The second-order valence-corrected chi connectivity index (χ2v) is 5.69. The highest BCUT2D eigenvalue weighted by molar-refractivity contribution is 5.99. The van der Waals surface area contributed by atoms with E-state index >= 15 is 0 Å². The molecule has 0 aliphatic carbocycles. The van der Waals surface area contributed by atoms with Crippen molar-refractivity contribution in [2.45, 2.75) is 13.3 Å². The molecule has 27 heavy (non-hydrogen) atoms. The SMILES string of the molecule is Cc1cc(-c2c(C(=O)O)nc(N)nc2-c2ccc(F)cc2)cc(C(F)F)n1. The van der Waals surface area contributed by atoms with Crippen LogP contribution in [-0.4, -0.2) is 26.0 Å². The van der Waals surface area contributed by atoms with E-state index in [0.717, 1.165) is 6.07 Å². The summed E-state index contributed by atoms with van der Waals surface area (Å²) in [5, 5.41) is 9.55. The van der Waals surface area contributed by atoms with E-state index < -0.39 is 29.6 Å². The number of carboxylic acids is 1. The third-order valence-electron chi connectivity index (χ3n) is 3.73. The van der Waals surface area contributed by atoms with Crippen LogP contribution >= 0.6 is 0 Å². The molecular weight excluding hydrogens is 361 g/mol. The Kier molecular flexibility index (Phi) is 4.76. The molecule has 2 heterocycles. The number of nitrogens with two attached hydrogens (primary N) is 1. The number of aromatic carboxylic acids is 1. The van der Waals surface area contributed by atoms with Crippen LogP contribution in [0.4, 0.5) is 19.1 Å².